The zero-order chi connectivity index (χ0) is 16.5. The summed E-state index contributed by atoms with van der Waals surface area (Å²) in [5.41, 5.74) is 8.24. The predicted molar refractivity (Wildman–Crippen MR) is 99.6 cm³/mol. The SMILES string of the molecule is CN(CCN)c1nc(-c2ccncc2)nc2sc3c(c12)CCCC3. The van der Waals surface area contributed by atoms with Gasteiger partial charge in [-0.05, 0) is 43.4 Å². The Hall–Kier alpha value is -2.05. The number of hydrogen-bond acceptors (Lipinski definition) is 6. The Morgan fingerprint density at radius 1 is 1.17 bits per heavy atom. The summed E-state index contributed by atoms with van der Waals surface area (Å²) in [5, 5.41) is 1.24. The monoisotopic (exact) mass is 339 g/mol. The van der Waals surface area contributed by atoms with Crippen molar-refractivity contribution in [3.63, 3.8) is 0 Å². The standard InChI is InChI=1S/C18H21N5S/c1-23(11-8-19)17-15-13-4-2-3-5-14(13)24-18(15)22-16(21-17)12-6-9-20-10-7-12/h6-7,9-10H,2-5,8,11,19H2,1H3. The maximum atomic E-state index is 5.78. The second-order valence-electron chi connectivity index (χ2n) is 6.21. The Morgan fingerprint density at radius 3 is 2.75 bits per heavy atom. The molecule has 3 aromatic rings. The minimum Gasteiger partial charge on any atom is -0.358 e. The quantitative estimate of drug-likeness (QED) is 0.791. The van der Waals surface area contributed by atoms with Gasteiger partial charge in [-0.2, -0.15) is 0 Å². The lowest BCUT2D eigenvalue weighted by atomic mass is 9.97. The molecule has 1 aliphatic carbocycles. The number of hydrogen-bond donors (Lipinski definition) is 1. The summed E-state index contributed by atoms with van der Waals surface area (Å²) in [7, 11) is 2.07. The Kier molecular flexibility index (Phi) is 4.16. The van der Waals surface area contributed by atoms with Gasteiger partial charge in [0.1, 0.15) is 10.6 Å². The third-order valence-corrected chi connectivity index (χ3v) is 5.75. The Bertz CT molecular complexity index is 859. The molecule has 1 aliphatic rings. The summed E-state index contributed by atoms with van der Waals surface area (Å²) in [5.74, 6) is 1.78. The summed E-state index contributed by atoms with van der Waals surface area (Å²) in [4.78, 5) is 18.6. The Balaban J connectivity index is 1.94. The first-order valence-corrected chi connectivity index (χ1v) is 9.23. The van der Waals surface area contributed by atoms with Crippen molar-refractivity contribution in [1.29, 1.82) is 0 Å². The molecule has 0 unspecified atom stereocenters. The van der Waals surface area contributed by atoms with E-state index in [1.54, 1.807) is 12.4 Å². The largest absolute Gasteiger partial charge is 0.358 e. The number of fused-ring (bicyclic) bond motifs is 3. The Morgan fingerprint density at radius 2 is 1.96 bits per heavy atom. The second kappa shape index (κ2) is 6.45. The average Bonchev–Trinajstić information content (AvgIpc) is 3.00. The lowest BCUT2D eigenvalue weighted by molar-refractivity contribution is 0.700. The first kappa shape index (κ1) is 15.5. The summed E-state index contributed by atoms with van der Waals surface area (Å²) >= 11 is 1.83. The number of anilines is 1. The van der Waals surface area contributed by atoms with Crippen molar-refractivity contribution in [2.24, 2.45) is 5.73 Å². The zero-order valence-electron chi connectivity index (χ0n) is 13.8. The van der Waals surface area contributed by atoms with Crippen molar-refractivity contribution in [3.05, 3.63) is 35.0 Å². The maximum Gasteiger partial charge on any atom is 0.163 e. The molecule has 5 nitrogen and oxygen atoms in total. The lowest BCUT2D eigenvalue weighted by Gasteiger charge is -2.20. The molecule has 0 radical (unpaired) electrons. The highest BCUT2D eigenvalue weighted by molar-refractivity contribution is 7.19. The molecule has 0 atom stereocenters. The molecule has 0 bridgehead atoms. The van der Waals surface area contributed by atoms with Gasteiger partial charge in [-0.1, -0.05) is 0 Å². The highest BCUT2D eigenvalue weighted by Gasteiger charge is 2.22. The van der Waals surface area contributed by atoms with E-state index in [4.69, 9.17) is 15.7 Å². The van der Waals surface area contributed by atoms with Gasteiger partial charge in [0, 0.05) is 43.0 Å². The van der Waals surface area contributed by atoms with Gasteiger partial charge in [0.2, 0.25) is 0 Å². The first-order chi connectivity index (χ1) is 11.8. The van der Waals surface area contributed by atoms with Crippen molar-refractivity contribution in [2.45, 2.75) is 25.7 Å². The van der Waals surface area contributed by atoms with E-state index in [-0.39, 0.29) is 0 Å². The minimum absolute atomic E-state index is 0.610. The highest BCUT2D eigenvalue weighted by atomic mass is 32.1. The number of nitrogens with two attached hydrogens (primary N) is 1. The fraction of sp³-hybridized carbons (Fsp3) is 0.389. The van der Waals surface area contributed by atoms with Crippen LogP contribution in [-0.2, 0) is 12.8 Å². The molecule has 0 aromatic carbocycles. The van der Waals surface area contributed by atoms with Gasteiger partial charge in [0.25, 0.3) is 0 Å². The molecule has 2 N–H and O–H groups in total. The minimum atomic E-state index is 0.610. The van der Waals surface area contributed by atoms with Crippen LogP contribution in [0.1, 0.15) is 23.3 Å². The fourth-order valence-electron chi connectivity index (χ4n) is 3.34. The topological polar surface area (TPSA) is 67.9 Å². The van der Waals surface area contributed by atoms with Crippen molar-refractivity contribution in [1.82, 2.24) is 15.0 Å². The number of aromatic nitrogens is 3. The molecule has 0 aliphatic heterocycles. The third kappa shape index (κ3) is 2.65. The molecule has 24 heavy (non-hydrogen) atoms. The molecule has 0 fully saturated rings. The van der Waals surface area contributed by atoms with Gasteiger partial charge in [-0.25, -0.2) is 9.97 Å². The van der Waals surface area contributed by atoms with Crippen LogP contribution >= 0.6 is 11.3 Å². The molecule has 3 aromatic heterocycles. The van der Waals surface area contributed by atoms with E-state index in [2.05, 4.69) is 16.9 Å². The predicted octanol–water partition coefficient (Wildman–Crippen LogP) is 3.03. The zero-order valence-corrected chi connectivity index (χ0v) is 14.6. The van der Waals surface area contributed by atoms with E-state index < -0.39 is 0 Å². The number of nitrogens with zero attached hydrogens (tertiary/aromatic N) is 4. The summed E-state index contributed by atoms with van der Waals surface area (Å²) in [6.45, 7) is 1.39. The van der Waals surface area contributed by atoms with Crippen LogP contribution in [0.2, 0.25) is 0 Å². The molecule has 124 valence electrons. The van der Waals surface area contributed by atoms with Crippen LogP contribution in [0.25, 0.3) is 21.6 Å². The number of aryl methyl sites for hydroxylation is 2. The van der Waals surface area contributed by atoms with Crippen LogP contribution in [0.4, 0.5) is 5.82 Å². The van der Waals surface area contributed by atoms with Crippen molar-refractivity contribution >= 4 is 27.4 Å². The van der Waals surface area contributed by atoms with Gasteiger partial charge < -0.3 is 10.6 Å². The number of thiophene rings is 1. The van der Waals surface area contributed by atoms with Gasteiger partial charge >= 0.3 is 0 Å². The van der Waals surface area contributed by atoms with E-state index in [0.29, 0.717) is 6.54 Å². The molecule has 0 saturated carbocycles. The van der Waals surface area contributed by atoms with E-state index in [1.165, 1.54) is 35.1 Å². The van der Waals surface area contributed by atoms with E-state index in [1.807, 2.05) is 23.5 Å². The maximum absolute atomic E-state index is 5.78. The van der Waals surface area contributed by atoms with E-state index in [0.717, 1.165) is 35.0 Å². The summed E-state index contributed by atoms with van der Waals surface area (Å²) in [6.07, 6.45) is 8.40. The Labute approximate surface area is 145 Å². The summed E-state index contributed by atoms with van der Waals surface area (Å²) < 4.78 is 0. The molecular weight excluding hydrogens is 318 g/mol. The van der Waals surface area contributed by atoms with Gasteiger partial charge in [0.15, 0.2) is 5.82 Å². The third-order valence-electron chi connectivity index (χ3n) is 4.56. The van der Waals surface area contributed by atoms with Crippen molar-refractivity contribution in [2.75, 3.05) is 25.0 Å². The lowest BCUT2D eigenvalue weighted by Crippen LogP contribution is -2.26. The second-order valence-corrected chi connectivity index (χ2v) is 7.29. The average molecular weight is 339 g/mol. The molecular formula is C18H21N5S. The van der Waals surface area contributed by atoms with Crippen LogP contribution in [0, 0.1) is 0 Å². The first-order valence-electron chi connectivity index (χ1n) is 8.42. The number of pyridine rings is 1. The number of likely N-dealkylation sites (N-methyl/N-ethyl adjacent to an activating group) is 1. The summed E-state index contributed by atoms with van der Waals surface area (Å²) in [6, 6.07) is 3.92. The van der Waals surface area contributed by atoms with Crippen LogP contribution in [0.5, 0.6) is 0 Å². The van der Waals surface area contributed by atoms with Crippen LogP contribution in [0.3, 0.4) is 0 Å². The van der Waals surface area contributed by atoms with E-state index >= 15 is 0 Å². The molecule has 0 spiro atoms. The van der Waals surface area contributed by atoms with Crippen LogP contribution in [-0.4, -0.2) is 35.1 Å². The number of rotatable bonds is 4. The van der Waals surface area contributed by atoms with Gasteiger partial charge in [0.05, 0.1) is 5.39 Å². The van der Waals surface area contributed by atoms with Crippen LogP contribution < -0.4 is 10.6 Å². The molecule has 0 saturated heterocycles. The van der Waals surface area contributed by atoms with Crippen LogP contribution in [0.15, 0.2) is 24.5 Å². The van der Waals surface area contributed by atoms with Gasteiger partial charge in [-0.15, -0.1) is 11.3 Å². The normalized spacial score (nSPS) is 13.9. The van der Waals surface area contributed by atoms with Gasteiger partial charge in [-0.3, -0.25) is 4.98 Å². The molecule has 4 rings (SSSR count). The van der Waals surface area contributed by atoms with Crippen molar-refractivity contribution in [3.8, 4) is 11.4 Å². The van der Waals surface area contributed by atoms with E-state index in [9.17, 15) is 0 Å². The molecule has 3 heterocycles. The molecule has 0 amide bonds. The smallest absolute Gasteiger partial charge is 0.163 e. The fourth-order valence-corrected chi connectivity index (χ4v) is 4.60. The van der Waals surface area contributed by atoms with Crippen molar-refractivity contribution < 1.29 is 0 Å². The highest BCUT2D eigenvalue weighted by Crippen LogP contribution is 2.40. The molecule has 6 heteroatoms.